The predicted molar refractivity (Wildman–Crippen MR) is 81.8 cm³/mol. The zero-order valence-corrected chi connectivity index (χ0v) is 13.4. The highest BCUT2D eigenvalue weighted by atomic mass is 16.5. The van der Waals surface area contributed by atoms with E-state index in [-0.39, 0.29) is 12.1 Å². The largest absolute Gasteiger partial charge is 0.497 e. The number of likely N-dealkylation sites (N-methyl/N-ethyl adjacent to an activating group) is 1. The van der Waals surface area contributed by atoms with Crippen molar-refractivity contribution in [2.45, 2.75) is 38.8 Å². The first-order valence-corrected chi connectivity index (χ1v) is 7.12. The topological polar surface area (TPSA) is 56.8 Å². The van der Waals surface area contributed by atoms with Gasteiger partial charge in [0.25, 0.3) is 0 Å². The second-order valence-corrected chi connectivity index (χ2v) is 5.11. The molecule has 1 aromatic rings. The summed E-state index contributed by atoms with van der Waals surface area (Å²) in [6, 6.07) is 7.36. The van der Waals surface area contributed by atoms with Crippen molar-refractivity contribution in [1.29, 1.82) is 0 Å². The van der Waals surface area contributed by atoms with Gasteiger partial charge in [-0.05, 0) is 52.1 Å². The molecule has 2 atom stereocenters. The Balaban J connectivity index is 2.65. The zero-order valence-electron chi connectivity index (χ0n) is 13.4. The molecular weight excluding hydrogens is 270 g/mol. The van der Waals surface area contributed by atoms with E-state index in [0.29, 0.717) is 13.0 Å². The Morgan fingerprint density at radius 1 is 1.29 bits per heavy atom. The zero-order chi connectivity index (χ0) is 15.9. The van der Waals surface area contributed by atoms with Gasteiger partial charge in [0.1, 0.15) is 17.0 Å². The number of benzene rings is 1. The van der Waals surface area contributed by atoms with Gasteiger partial charge in [0.15, 0.2) is 0 Å². The van der Waals surface area contributed by atoms with Gasteiger partial charge in [-0.2, -0.15) is 0 Å². The number of hydrogen-bond donors (Lipinski definition) is 1. The van der Waals surface area contributed by atoms with Crippen LogP contribution in [0, 0.1) is 0 Å². The van der Waals surface area contributed by atoms with Crippen molar-refractivity contribution in [1.82, 2.24) is 5.32 Å². The molecule has 1 aromatic carbocycles. The van der Waals surface area contributed by atoms with Crippen molar-refractivity contribution in [2.75, 3.05) is 20.8 Å². The summed E-state index contributed by atoms with van der Waals surface area (Å²) >= 11 is 0. The monoisotopic (exact) mass is 295 g/mol. The van der Waals surface area contributed by atoms with Crippen LogP contribution in [0.1, 0.15) is 27.2 Å². The summed E-state index contributed by atoms with van der Waals surface area (Å²) in [4.78, 5) is 12.0. The fourth-order valence-electron chi connectivity index (χ4n) is 2.08. The van der Waals surface area contributed by atoms with Crippen LogP contribution in [0.4, 0.5) is 0 Å². The number of rotatable bonds is 8. The van der Waals surface area contributed by atoms with E-state index >= 15 is 0 Å². The minimum Gasteiger partial charge on any atom is -0.497 e. The second kappa shape index (κ2) is 7.88. The molecule has 0 radical (unpaired) electrons. The van der Waals surface area contributed by atoms with E-state index in [1.165, 1.54) is 0 Å². The second-order valence-electron chi connectivity index (χ2n) is 5.11. The van der Waals surface area contributed by atoms with E-state index in [2.05, 4.69) is 5.32 Å². The van der Waals surface area contributed by atoms with E-state index in [9.17, 15) is 4.79 Å². The summed E-state index contributed by atoms with van der Waals surface area (Å²) in [6.07, 6.45) is 0.370. The van der Waals surface area contributed by atoms with Crippen molar-refractivity contribution >= 4 is 5.97 Å². The number of ether oxygens (including phenoxy) is 3. The van der Waals surface area contributed by atoms with E-state index in [1.807, 2.05) is 38.1 Å². The third kappa shape index (κ3) is 4.93. The molecule has 2 unspecified atom stereocenters. The van der Waals surface area contributed by atoms with Crippen LogP contribution in [0.25, 0.3) is 0 Å². The molecule has 0 aliphatic rings. The van der Waals surface area contributed by atoms with Gasteiger partial charge in [-0.3, -0.25) is 4.79 Å². The average molecular weight is 295 g/mol. The molecular formula is C16H25NO4. The Morgan fingerprint density at radius 2 is 1.86 bits per heavy atom. The molecule has 0 fully saturated rings. The van der Waals surface area contributed by atoms with Crippen LogP contribution in [-0.4, -0.2) is 38.4 Å². The fraction of sp³-hybridized carbons (Fsp3) is 0.562. The number of carbonyl (C=O) groups is 1. The molecule has 1 rings (SSSR count). The van der Waals surface area contributed by atoms with Crippen molar-refractivity contribution in [3.8, 4) is 11.5 Å². The van der Waals surface area contributed by atoms with Crippen molar-refractivity contribution < 1.29 is 19.0 Å². The minimum atomic E-state index is -0.762. The molecule has 5 heteroatoms. The van der Waals surface area contributed by atoms with Crippen LogP contribution in [0.5, 0.6) is 11.5 Å². The van der Waals surface area contributed by atoms with Crippen LogP contribution in [0.2, 0.25) is 0 Å². The molecule has 0 aromatic heterocycles. The normalized spacial score (nSPS) is 14.9. The maximum Gasteiger partial charge on any atom is 0.326 e. The SMILES string of the molecule is CCOC(=O)C(C)(CC(C)Oc1ccc(OC)cc1)NC. The minimum absolute atomic E-state index is 0.139. The van der Waals surface area contributed by atoms with Gasteiger partial charge < -0.3 is 19.5 Å². The van der Waals surface area contributed by atoms with E-state index < -0.39 is 5.54 Å². The molecule has 0 bridgehead atoms. The molecule has 0 saturated carbocycles. The number of esters is 1. The Bertz CT molecular complexity index is 446. The van der Waals surface area contributed by atoms with Crippen LogP contribution in [-0.2, 0) is 9.53 Å². The first-order chi connectivity index (χ1) is 9.95. The van der Waals surface area contributed by atoms with Crippen LogP contribution in [0.3, 0.4) is 0 Å². The average Bonchev–Trinajstić information content (AvgIpc) is 2.48. The number of carbonyl (C=O) groups excluding carboxylic acids is 1. The highest BCUT2D eigenvalue weighted by molar-refractivity contribution is 5.80. The lowest BCUT2D eigenvalue weighted by Gasteiger charge is -2.29. The molecule has 21 heavy (non-hydrogen) atoms. The van der Waals surface area contributed by atoms with Crippen molar-refractivity contribution in [3.05, 3.63) is 24.3 Å². The Kier molecular flexibility index (Phi) is 6.49. The van der Waals surface area contributed by atoms with Gasteiger partial charge in [0.05, 0.1) is 19.8 Å². The highest BCUT2D eigenvalue weighted by Gasteiger charge is 2.35. The summed E-state index contributed by atoms with van der Waals surface area (Å²) in [5.41, 5.74) is -0.762. The maximum atomic E-state index is 12.0. The summed E-state index contributed by atoms with van der Waals surface area (Å²) in [7, 11) is 3.37. The lowest BCUT2D eigenvalue weighted by atomic mass is 9.95. The Hall–Kier alpha value is -1.75. The standard InChI is InChI=1S/C16H25NO4/c1-6-20-15(18)16(3,17-4)11-12(2)21-14-9-7-13(19-5)8-10-14/h7-10,12,17H,6,11H2,1-5H3. The van der Waals surface area contributed by atoms with Crippen LogP contribution in [0.15, 0.2) is 24.3 Å². The fourth-order valence-corrected chi connectivity index (χ4v) is 2.08. The quantitative estimate of drug-likeness (QED) is 0.746. The number of methoxy groups -OCH3 is 1. The third-order valence-corrected chi connectivity index (χ3v) is 3.37. The molecule has 1 N–H and O–H groups in total. The summed E-state index contributed by atoms with van der Waals surface area (Å²) in [5.74, 6) is 1.25. The van der Waals surface area contributed by atoms with Crippen LogP contribution < -0.4 is 14.8 Å². The summed E-state index contributed by atoms with van der Waals surface area (Å²) in [5, 5.41) is 3.02. The van der Waals surface area contributed by atoms with Crippen LogP contribution >= 0.6 is 0 Å². The lowest BCUT2D eigenvalue weighted by Crippen LogP contribution is -2.51. The summed E-state index contributed by atoms with van der Waals surface area (Å²) in [6.45, 7) is 5.91. The van der Waals surface area contributed by atoms with Gasteiger partial charge in [-0.15, -0.1) is 0 Å². The molecule has 0 saturated heterocycles. The maximum absolute atomic E-state index is 12.0. The Labute approximate surface area is 126 Å². The van der Waals surface area contributed by atoms with E-state index in [0.717, 1.165) is 11.5 Å². The molecule has 0 spiro atoms. The molecule has 0 aliphatic heterocycles. The van der Waals surface area contributed by atoms with Gasteiger partial charge in [0.2, 0.25) is 0 Å². The Morgan fingerprint density at radius 3 is 2.33 bits per heavy atom. The molecule has 0 aliphatic carbocycles. The van der Waals surface area contributed by atoms with Crippen molar-refractivity contribution in [2.24, 2.45) is 0 Å². The molecule has 5 nitrogen and oxygen atoms in total. The highest BCUT2D eigenvalue weighted by Crippen LogP contribution is 2.22. The van der Waals surface area contributed by atoms with E-state index in [4.69, 9.17) is 14.2 Å². The molecule has 0 heterocycles. The van der Waals surface area contributed by atoms with Crippen molar-refractivity contribution in [3.63, 3.8) is 0 Å². The number of hydrogen-bond acceptors (Lipinski definition) is 5. The van der Waals surface area contributed by atoms with Gasteiger partial charge in [-0.25, -0.2) is 0 Å². The molecule has 0 amide bonds. The smallest absolute Gasteiger partial charge is 0.326 e. The van der Waals surface area contributed by atoms with Gasteiger partial charge >= 0.3 is 5.97 Å². The van der Waals surface area contributed by atoms with Gasteiger partial charge in [-0.1, -0.05) is 0 Å². The molecule has 118 valence electrons. The third-order valence-electron chi connectivity index (χ3n) is 3.37. The summed E-state index contributed by atoms with van der Waals surface area (Å²) < 4.78 is 16.0. The predicted octanol–water partition coefficient (Wildman–Crippen LogP) is 2.39. The first kappa shape index (κ1) is 17.3. The first-order valence-electron chi connectivity index (χ1n) is 7.12. The number of nitrogens with one attached hydrogen (secondary N) is 1. The lowest BCUT2D eigenvalue weighted by molar-refractivity contribution is -0.151. The van der Waals surface area contributed by atoms with Gasteiger partial charge in [0, 0.05) is 6.42 Å². The van der Waals surface area contributed by atoms with E-state index in [1.54, 1.807) is 21.1 Å².